The third-order valence-electron chi connectivity index (χ3n) is 12.0. The first-order chi connectivity index (χ1) is 22.6. The highest BCUT2D eigenvalue weighted by Gasteiger charge is 2.49. The van der Waals surface area contributed by atoms with E-state index < -0.39 is 34.3 Å². The van der Waals surface area contributed by atoms with Crippen LogP contribution in [-0.4, -0.2) is 63.9 Å². The third-order valence-corrected chi connectivity index (χ3v) is 22.1. The van der Waals surface area contributed by atoms with Gasteiger partial charge < -0.3 is 18.3 Å². The van der Waals surface area contributed by atoms with E-state index >= 15 is 0 Å². The molecule has 2 saturated heterocycles. The molecule has 1 aromatic rings. The van der Waals surface area contributed by atoms with Gasteiger partial charge in [-0.25, -0.2) is 4.98 Å². The van der Waals surface area contributed by atoms with Crippen molar-refractivity contribution in [2.75, 3.05) is 0 Å². The van der Waals surface area contributed by atoms with Crippen LogP contribution in [0.25, 0.3) is 6.08 Å². The second-order valence-corrected chi connectivity index (χ2v) is 25.8. The number of epoxide rings is 1. The van der Waals surface area contributed by atoms with Crippen LogP contribution in [0.15, 0.2) is 11.0 Å². The van der Waals surface area contributed by atoms with Crippen LogP contribution >= 0.6 is 11.3 Å². The highest BCUT2D eigenvalue weighted by Crippen LogP contribution is 2.41. The van der Waals surface area contributed by atoms with Gasteiger partial charge in [-0.05, 0) is 80.5 Å². The molecule has 0 aliphatic carbocycles. The second-order valence-electron chi connectivity index (χ2n) is 15.3. The summed E-state index contributed by atoms with van der Waals surface area (Å²) in [6.45, 7) is 25.7. The molecule has 2 fully saturated rings. The van der Waals surface area contributed by atoms with Crippen LogP contribution in [0.3, 0.4) is 0 Å². The highest BCUT2D eigenvalue weighted by atomic mass is 32.1. The molecule has 0 spiro atoms. The summed E-state index contributed by atoms with van der Waals surface area (Å²) in [4.78, 5) is 33.5. The molecule has 3 rings (SSSR count). The number of carbonyl (C=O) groups is 2. The van der Waals surface area contributed by atoms with Crippen LogP contribution in [0.2, 0.25) is 36.3 Å². The minimum Gasteiger partial charge on any atom is -0.458 e. The molecule has 0 bridgehead atoms. The summed E-state index contributed by atoms with van der Waals surface area (Å²) in [5.74, 6) is -0.307. The van der Waals surface area contributed by atoms with Crippen LogP contribution in [0.4, 0.5) is 0 Å². The number of ether oxygens (including phenoxy) is 2. The molecule has 2 aliphatic heterocycles. The quantitative estimate of drug-likeness (QED) is 0.121. The normalized spacial score (nSPS) is 29.8. The first-order valence-electron chi connectivity index (χ1n) is 19.0. The molecule has 0 amide bonds. The molecule has 1 aromatic heterocycles. The van der Waals surface area contributed by atoms with E-state index in [-0.39, 0.29) is 48.3 Å². The van der Waals surface area contributed by atoms with E-state index in [2.05, 4.69) is 60.4 Å². The van der Waals surface area contributed by atoms with E-state index in [9.17, 15) is 9.59 Å². The number of nitrogens with zero attached hydrogens (tertiary/aromatic N) is 1. The minimum atomic E-state index is -2.20. The number of esters is 1. The Balaban J connectivity index is 2.05. The van der Waals surface area contributed by atoms with Gasteiger partial charge in [-0.3, -0.25) is 9.59 Å². The number of fused-ring (bicyclic) bond motifs is 1. The standard InChI is InChI=1S/C38H67NO6SSi2/c1-13-47(14-2,15-3)44-34-24-35(40)43-32(27(8)22-30-25-46-29(10)39-30)23-33-31(42-33)21-19-20-26(7)36(28(9)37(41)38(34,11)12)45-48(16-4,17-5)18-6/h22,25-26,28,31-34,36H,13-21,23-24H2,1-12H3/b27-22+/t26-,28+,31+,32?,33?,34-,36+/m0/s1. The van der Waals surface area contributed by atoms with Crippen molar-refractivity contribution >= 4 is 45.8 Å². The number of Topliss-reactive ketones (excluding diaryl/α,β-unsaturated/α-hetero) is 1. The SMILES string of the molecule is CC[Si](CC)(CC)O[C@@H]1[C@@H](C)CCC[C@H]2OC2CC(/C(C)=C/c2csc(C)n2)OC(=O)C[C@H](O[Si](CC)(CC)CC)C(C)(C)C(=O)[C@@H]1C. The van der Waals surface area contributed by atoms with Gasteiger partial charge in [-0.1, -0.05) is 75.7 Å². The van der Waals surface area contributed by atoms with E-state index in [1.807, 2.05) is 39.2 Å². The lowest BCUT2D eigenvalue weighted by Gasteiger charge is -2.44. The summed E-state index contributed by atoms with van der Waals surface area (Å²) >= 11 is 1.61. The van der Waals surface area contributed by atoms with Crippen molar-refractivity contribution in [3.63, 3.8) is 0 Å². The van der Waals surface area contributed by atoms with Crippen molar-refractivity contribution in [3.05, 3.63) is 21.7 Å². The molecule has 274 valence electrons. The number of ketones is 1. The Bertz CT molecular complexity index is 1210. The lowest BCUT2D eigenvalue weighted by Crippen LogP contribution is -2.53. The number of carbonyl (C=O) groups excluding carboxylic acids is 2. The van der Waals surface area contributed by atoms with Crippen molar-refractivity contribution in [1.82, 2.24) is 4.98 Å². The van der Waals surface area contributed by atoms with Gasteiger partial charge in [0.05, 0.1) is 41.5 Å². The summed E-state index contributed by atoms with van der Waals surface area (Å²) in [6, 6.07) is 5.92. The van der Waals surface area contributed by atoms with Crippen LogP contribution in [0, 0.1) is 24.2 Å². The molecule has 0 saturated carbocycles. The van der Waals surface area contributed by atoms with E-state index in [0.29, 0.717) is 6.42 Å². The summed E-state index contributed by atoms with van der Waals surface area (Å²) in [6.07, 6.45) is 4.65. The van der Waals surface area contributed by atoms with Crippen LogP contribution < -0.4 is 0 Å². The topological polar surface area (TPSA) is 87.2 Å². The number of cyclic esters (lactones) is 1. The number of hydrogen-bond donors (Lipinski definition) is 0. The molecular formula is C38H67NO6SSi2. The molecule has 48 heavy (non-hydrogen) atoms. The number of aromatic nitrogens is 1. The largest absolute Gasteiger partial charge is 0.458 e. The summed E-state index contributed by atoms with van der Waals surface area (Å²) < 4.78 is 26.9. The zero-order valence-corrected chi connectivity index (χ0v) is 35.1. The number of aryl methyl sites for hydroxylation is 1. The lowest BCUT2D eigenvalue weighted by atomic mass is 9.73. The average molecular weight is 722 g/mol. The molecule has 0 aromatic carbocycles. The molecular weight excluding hydrogens is 655 g/mol. The Kier molecular flexibility index (Phi) is 15.3. The maximum atomic E-state index is 14.9. The van der Waals surface area contributed by atoms with Crippen molar-refractivity contribution < 1.29 is 27.9 Å². The second kappa shape index (κ2) is 17.8. The molecule has 7 nitrogen and oxygen atoms in total. The van der Waals surface area contributed by atoms with Crippen molar-refractivity contribution in [2.24, 2.45) is 17.3 Å². The van der Waals surface area contributed by atoms with Gasteiger partial charge >= 0.3 is 5.97 Å². The van der Waals surface area contributed by atoms with E-state index in [0.717, 1.165) is 71.8 Å². The van der Waals surface area contributed by atoms with E-state index in [1.54, 1.807) is 11.3 Å². The Hall–Kier alpha value is -1.18. The van der Waals surface area contributed by atoms with Crippen LogP contribution in [0.1, 0.15) is 119 Å². The fraction of sp³-hybridized carbons (Fsp3) is 0.816. The first-order valence-corrected chi connectivity index (χ1v) is 24.9. The van der Waals surface area contributed by atoms with Gasteiger partial charge in [0.2, 0.25) is 0 Å². The van der Waals surface area contributed by atoms with E-state index in [1.165, 1.54) is 0 Å². The van der Waals surface area contributed by atoms with Gasteiger partial charge in [-0.15, -0.1) is 11.3 Å². The highest BCUT2D eigenvalue weighted by molar-refractivity contribution is 7.09. The Morgan fingerprint density at radius 3 is 2.08 bits per heavy atom. The molecule has 7 atom stereocenters. The van der Waals surface area contributed by atoms with Gasteiger partial charge in [0.15, 0.2) is 16.6 Å². The van der Waals surface area contributed by atoms with Crippen molar-refractivity contribution in [2.45, 2.75) is 182 Å². The monoisotopic (exact) mass is 721 g/mol. The molecule has 3 heterocycles. The molecule has 2 aliphatic rings. The molecule has 10 heteroatoms. The maximum Gasteiger partial charge on any atom is 0.309 e. The number of thiazole rings is 1. The Morgan fingerprint density at radius 1 is 0.958 bits per heavy atom. The molecule has 2 unspecified atom stereocenters. The Morgan fingerprint density at radius 2 is 1.54 bits per heavy atom. The van der Waals surface area contributed by atoms with Crippen molar-refractivity contribution in [1.29, 1.82) is 0 Å². The smallest absolute Gasteiger partial charge is 0.309 e. The number of hydrogen-bond acceptors (Lipinski definition) is 8. The van der Waals surface area contributed by atoms with Crippen LogP contribution in [-0.2, 0) is 27.9 Å². The fourth-order valence-electron chi connectivity index (χ4n) is 7.75. The van der Waals surface area contributed by atoms with Gasteiger partial charge in [0.25, 0.3) is 0 Å². The predicted molar refractivity (Wildman–Crippen MR) is 203 cm³/mol. The lowest BCUT2D eigenvalue weighted by molar-refractivity contribution is -0.153. The summed E-state index contributed by atoms with van der Waals surface area (Å²) in [5.41, 5.74) is 0.922. The van der Waals surface area contributed by atoms with Crippen molar-refractivity contribution in [3.8, 4) is 0 Å². The Labute approximate surface area is 298 Å². The minimum absolute atomic E-state index is 0.0351. The summed E-state index contributed by atoms with van der Waals surface area (Å²) in [5, 5.41) is 3.03. The molecule has 0 N–H and O–H groups in total. The maximum absolute atomic E-state index is 14.9. The number of rotatable bonds is 12. The fourth-order valence-corrected chi connectivity index (χ4v) is 14.3. The first kappa shape index (κ1) is 41.2. The zero-order chi connectivity index (χ0) is 35.9. The molecule has 0 radical (unpaired) electrons. The van der Waals surface area contributed by atoms with Crippen LogP contribution in [0.5, 0.6) is 0 Å². The average Bonchev–Trinajstić information content (AvgIpc) is 3.68. The van der Waals surface area contributed by atoms with Gasteiger partial charge in [-0.2, -0.15) is 0 Å². The summed E-state index contributed by atoms with van der Waals surface area (Å²) in [7, 11) is -4.21. The van der Waals surface area contributed by atoms with Gasteiger partial charge in [0.1, 0.15) is 11.9 Å². The predicted octanol–water partition coefficient (Wildman–Crippen LogP) is 10.1. The zero-order valence-electron chi connectivity index (χ0n) is 32.3. The van der Waals surface area contributed by atoms with E-state index in [4.69, 9.17) is 18.3 Å². The van der Waals surface area contributed by atoms with Gasteiger partial charge in [0, 0.05) is 23.1 Å². The third kappa shape index (κ3) is 10.2.